The molecule has 6 rings (SSSR count). The number of carboxylic acids is 1. The molecule has 0 bridgehead atoms. The van der Waals surface area contributed by atoms with Crippen molar-refractivity contribution >= 4 is 52.3 Å². The second kappa shape index (κ2) is 15.6. The smallest absolute Gasteiger partial charge is 0.328 e. The molecule has 3 aromatic carbocycles. The Morgan fingerprint density at radius 2 is 1.57 bits per heavy atom. The van der Waals surface area contributed by atoms with E-state index in [0.717, 1.165) is 66.8 Å². The lowest BCUT2D eigenvalue weighted by Gasteiger charge is -2.29. The van der Waals surface area contributed by atoms with E-state index in [2.05, 4.69) is 16.0 Å². The minimum absolute atomic E-state index is 0.151. The predicted molar refractivity (Wildman–Crippen MR) is 196 cm³/mol. The predicted octanol–water partition coefficient (Wildman–Crippen LogP) is 5.74. The third kappa shape index (κ3) is 7.94. The van der Waals surface area contributed by atoms with Crippen molar-refractivity contribution in [3.63, 3.8) is 0 Å². The number of rotatable bonds is 11. The lowest BCUT2D eigenvalue weighted by Crippen LogP contribution is -2.55. The fourth-order valence-electron chi connectivity index (χ4n) is 7.56. The van der Waals surface area contributed by atoms with Crippen LogP contribution in [-0.2, 0) is 25.7 Å². The van der Waals surface area contributed by atoms with Crippen LogP contribution in [0.5, 0.6) is 0 Å². The number of nitrogens with two attached hydrogens (primary N) is 1. The first-order valence-corrected chi connectivity index (χ1v) is 17.6. The molecular weight excluding hydrogens is 646 g/mol. The second-order valence-electron chi connectivity index (χ2n) is 13.4. The Labute approximate surface area is 296 Å². The number of fused-ring (bicyclic) bond motifs is 1. The number of aliphatic carboxylic acids is 1. The number of nitrogens with zero attached hydrogens (tertiary/aromatic N) is 1. The third-order valence-corrected chi connectivity index (χ3v) is 10.0. The molecule has 0 saturated heterocycles. The van der Waals surface area contributed by atoms with Crippen LogP contribution in [-0.4, -0.2) is 51.4 Å². The minimum Gasteiger partial charge on any atom is -0.478 e. The molecule has 4 amide bonds. The van der Waals surface area contributed by atoms with Crippen LogP contribution < -0.4 is 21.7 Å². The van der Waals surface area contributed by atoms with Gasteiger partial charge in [0, 0.05) is 22.7 Å². The van der Waals surface area contributed by atoms with Gasteiger partial charge in [-0.3, -0.25) is 24.5 Å². The van der Waals surface area contributed by atoms with E-state index >= 15 is 0 Å². The summed E-state index contributed by atoms with van der Waals surface area (Å²) in [7, 11) is 0. The van der Waals surface area contributed by atoms with E-state index in [1.165, 1.54) is 12.5 Å². The lowest BCUT2D eigenvalue weighted by molar-refractivity contribution is -0.132. The van der Waals surface area contributed by atoms with Gasteiger partial charge in [0.2, 0.25) is 17.7 Å². The monoisotopic (exact) mass is 689 g/mol. The highest BCUT2D eigenvalue weighted by atomic mass is 16.4. The molecule has 0 radical (unpaired) electrons. The molecule has 2 saturated carbocycles. The van der Waals surface area contributed by atoms with Gasteiger partial charge in [0.1, 0.15) is 12.1 Å². The van der Waals surface area contributed by atoms with Crippen LogP contribution in [0.1, 0.15) is 85.2 Å². The highest BCUT2D eigenvalue weighted by Gasteiger charge is 2.43. The largest absolute Gasteiger partial charge is 0.478 e. The molecule has 0 atom stereocenters. The number of amides is 4. The quantitative estimate of drug-likeness (QED) is 0.125. The van der Waals surface area contributed by atoms with Crippen molar-refractivity contribution in [3.8, 4) is 11.3 Å². The second-order valence-corrected chi connectivity index (χ2v) is 13.4. The van der Waals surface area contributed by atoms with Gasteiger partial charge in [0.05, 0.1) is 17.8 Å². The summed E-state index contributed by atoms with van der Waals surface area (Å²) in [4.78, 5) is 64.0. The van der Waals surface area contributed by atoms with Gasteiger partial charge in [-0.25, -0.2) is 4.79 Å². The van der Waals surface area contributed by atoms with Gasteiger partial charge in [-0.1, -0.05) is 80.6 Å². The maximum atomic E-state index is 14.1. The zero-order valence-electron chi connectivity index (χ0n) is 28.5. The maximum Gasteiger partial charge on any atom is 0.328 e. The third-order valence-electron chi connectivity index (χ3n) is 10.0. The van der Waals surface area contributed by atoms with Gasteiger partial charge in [-0.15, -0.1) is 0 Å². The van der Waals surface area contributed by atoms with Gasteiger partial charge in [-0.2, -0.15) is 0 Å². The van der Waals surface area contributed by atoms with Crippen LogP contribution in [0.25, 0.3) is 28.2 Å². The summed E-state index contributed by atoms with van der Waals surface area (Å²) in [5.41, 5.74) is 9.57. The number of benzene rings is 3. The number of hydrogen-bond donors (Lipinski definition) is 5. The van der Waals surface area contributed by atoms with Crippen LogP contribution in [0.15, 0.2) is 78.9 Å². The molecule has 4 aromatic rings. The molecule has 11 heteroatoms. The van der Waals surface area contributed by atoms with Crippen molar-refractivity contribution < 1.29 is 29.1 Å². The maximum absolute atomic E-state index is 14.1. The highest BCUT2D eigenvalue weighted by Crippen LogP contribution is 2.44. The lowest BCUT2D eigenvalue weighted by atomic mass is 9.81. The number of aromatic nitrogens is 1. The van der Waals surface area contributed by atoms with E-state index in [-0.39, 0.29) is 24.9 Å². The van der Waals surface area contributed by atoms with Crippen LogP contribution >= 0.6 is 0 Å². The highest BCUT2D eigenvalue weighted by molar-refractivity contribution is 6.06. The fourth-order valence-corrected chi connectivity index (χ4v) is 7.56. The number of carbonyl (C=O) groups is 5. The normalized spacial score (nSPS) is 15.9. The Morgan fingerprint density at radius 1 is 0.863 bits per heavy atom. The molecule has 1 heterocycles. The Kier molecular flexibility index (Phi) is 10.8. The Bertz CT molecular complexity index is 1970. The van der Waals surface area contributed by atoms with Crippen molar-refractivity contribution in [2.75, 3.05) is 11.9 Å². The van der Waals surface area contributed by atoms with Crippen LogP contribution in [0.4, 0.5) is 5.69 Å². The van der Waals surface area contributed by atoms with E-state index < -0.39 is 29.2 Å². The van der Waals surface area contributed by atoms with Crippen LogP contribution in [0, 0.1) is 0 Å². The summed E-state index contributed by atoms with van der Waals surface area (Å²) >= 11 is 0. The summed E-state index contributed by atoms with van der Waals surface area (Å²) in [6.07, 6.45) is 10.4. The molecule has 264 valence electrons. The summed E-state index contributed by atoms with van der Waals surface area (Å²) in [5, 5.41) is 18.2. The topological polar surface area (TPSA) is 173 Å². The number of imide groups is 1. The molecule has 1 aromatic heterocycles. The molecule has 0 unspecified atom stereocenters. The summed E-state index contributed by atoms with van der Waals surface area (Å²) < 4.78 is 1.90. The zero-order chi connectivity index (χ0) is 36.0. The molecule has 2 fully saturated rings. The molecule has 6 N–H and O–H groups in total. The zero-order valence-corrected chi connectivity index (χ0v) is 28.5. The average molecular weight is 690 g/mol. The molecule has 51 heavy (non-hydrogen) atoms. The standard InChI is InChI=1S/C40H43N5O6/c41-24-33(46)43-34(47)25-45-32-23-29(16-19-31(32)36(27-9-3-1-4-10-27)37(45)28-11-5-2-6-12-28)38(50)44-40(21-7-8-22-40)39(51)42-30-17-13-26(14-18-30)15-20-35(48)49/h2,5-6,11-20,23,27H,1,3-4,7-10,21-22,24-25,41H2,(H,42,51)(H,44,50)(H,48,49)(H,43,46,47)/b20-15+. The van der Waals surface area contributed by atoms with Gasteiger partial charge < -0.3 is 26.0 Å². The van der Waals surface area contributed by atoms with Crippen molar-refractivity contribution in [3.05, 3.63) is 95.6 Å². The van der Waals surface area contributed by atoms with E-state index in [9.17, 15) is 24.0 Å². The van der Waals surface area contributed by atoms with Gasteiger partial charge in [0.25, 0.3) is 5.91 Å². The average Bonchev–Trinajstić information content (AvgIpc) is 3.75. The number of carboxylic acid groups (broad SMARTS) is 1. The van der Waals surface area contributed by atoms with E-state index in [0.29, 0.717) is 35.2 Å². The first kappa shape index (κ1) is 35.3. The first-order chi connectivity index (χ1) is 24.7. The van der Waals surface area contributed by atoms with Gasteiger partial charge in [0.15, 0.2) is 0 Å². The van der Waals surface area contributed by atoms with Crippen molar-refractivity contribution in [2.45, 2.75) is 75.8 Å². The van der Waals surface area contributed by atoms with Crippen LogP contribution in [0.3, 0.4) is 0 Å². The minimum atomic E-state index is -1.12. The Balaban J connectivity index is 1.35. The summed E-state index contributed by atoms with van der Waals surface area (Å²) in [5.74, 6) is -2.59. The molecular formula is C40H43N5O6. The Hall–Kier alpha value is -5.55. The fraction of sp³-hybridized carbons (Fsp3) is 0.325. The number of anilines is 1. The van der Waals surface area contributed by atoms with E-state index in [4.69, 9.17) is 10.8 Å². The molecule has 2 aliphatic rings. The van der Waals surface area contributed by atoms with E-state index in [1.807, 2.05) is 41.0 Å². The Morgan fingerprint density at radius 3 is 2.24 bits per heavy atom. The number of nitrogens with one attached hydrogen (secondary N) is 3. The summed E-state index contributed by atoms with van der Waals surface area (Å²) in [6, 6.07) is 22.2. The molecule has 2 aliphatic carbocycles. The first-order valence-electron chi connectivity index (χ1n) is 17.6. The van der Waals surface area contributed by atoms with Crippen molar-refractivity contribution in [2.24, 2.45) is 5.73 Å². The molecule has 0 aliphatic heterocycles. The van der Waals surface area contributed by atoms with Crippen molar-refractivity contribution in [1.82, 2.24) is 15.2 Å². The summed E-state index contributed by atoms with van der Waals surface area (Å²) in [6.45, 7) is -0.465. The number of carbonyl (C=O) groups excluding carboxylic acids is 4. The molecule has 0 spiro atoms. The van der Waals surface area contributed by atoms with Gasteiger partial charge in [-0.05, 0) is 78.6 Å². The number of hydrogen-bond acceptors (Lipinski definition) is 6. The van der Waals surface area contributed by atoms with E-state index in [1.54, 1.807) is 36.4 Å². The van der Waals surface area contributed by atoms with Crippen molar-refractivity contribution in [1.29, 1.82) is 0 Å². The molecule has 11 nitrogen and oxygen atoms in total. The van der Waals surface area contributed by atoms with Gasteiger partial charge >= 0.3 is 5.97 Å². The van der Waals surface area contributed by atoms with Crippen LogP contribution in [0.2, 0.25) is 0 Å². The SMILES string of the molecule is NCC(=O)NC(=O)Cn1c(-c2ccccc2)c(C2CCCCC2)c2ccc(C(=O)NC3(C(=O)Nc4ccc(/C=C/C(=O)O)cc4)CCCC3)cc21.